The van der Waals surface area contributed by atoms with Crippen LogP contribution in [-0.2, 0) is 0 Å². The van der Waals surface area contributed by atoms with Gasteiger partial charge < -0.3 is 10.8 Å². The topological polar surface area (TPSA) is 46.2 Å². The molecular formula is C2H7ClNO. The second-order valence-corrected chi connectivity index (χ2v) is 0.418. The van der Waals surface area contributed by atoms with E-state index >= 15 is 0 Å². The molecule has 3 heteroatoms. The van der Waals surface area contributed by atoms with E-state index in [1.54, 1.807) is 0 Å². The molecule has 0 fully saturated rings. The van der Waals surface area contributed by atoms with Crippen molar-refractivity contribution in [3.63, 3.8) is 0 Å². The third-order valence-electron chi connectivity index (χ3n) is 0.105. The van der Waals surface area contributed by atoms with Crippen molar-refractivity contribution in [2.45, 2.75) is 0 Å². The van der Waals surface area contributed by atoms with Gasteiger partial charge in [0.1, 0.15) is 0 Å². The van der Waals surface area contributed by atoms with Crippen LogP contribution in [0.2, 0.25) is 0 Å². The Morgan fingerprint density at radius 2 is 2.00 bits per heavy atom. The summed E-state index contributed by atoms with van der Waals surface area (Å²) in [5, 5.41) is 7.69. The molecule has 1 radical (unpaired) electrons. The van der Waals surface area contributed by atoms with Crippen LogP contribution in [0, 0.1) is 6.54 Å². The Bertz CT molecular complexity index is 11.6. The van der Waals surface area contributed by atoms with Crippen LogP contribution in [-0.4, -0.2) is 11.7 Å². The van der Waals surface area contributed by atoms with Crippen LogP contribution < -0.4 is 5.73 Å². The van der Waals surface area contributed by atoms with Crippen LogP contribution in [0.4, 0.5) is 0 Å². The molecule has 33 valence electrons. The molecule has 0 rings (SSSR count). The molecule has 0 saturated carbocycles. The van der Waals surface area contributed by atoms with Gasteiger partial charge in [-0.1, -0.05) is 0 Å². The van der Waals surface area contributed by atoms with Crippen LogP contribution in [0.5, 0.6) is 0 Å². The Morgan fingerprint density at radius 1 is 1.80 bits per heavy atom. The van der Waals surface area contributed by atoms with Crippen LogP contribution in [0.25, 0.3) is 0 Å². The van der Waals surface area contributed by atoms with Gasteiger partial charge in [0.25, 0.3) is 0 Å². The normalized spacial score (nSPS) is 6.00. The van der Waals surface area contributed by atoms with Gasteiger partial charge in [-0.25, -0.2) is 0 Å². The molecule has 0 aromatic carbocycles. The van der Waals surface area contributed by atoms with Crippen molar-refractivity contribution >= 4 is 12.4 Å². The number of hydrogen-bond acceptors (Lipinski definition) is 2. The molecule has 0 aliphatic heterocycles. The first-order chi connectivity index (χ1) is 1.91. The first-order valence-electron chi connectivity index (χ1n) is 1.06. The fraction of sp³-hybridized carbons (Fsp3) is 0.500. The molecule has 0 aliphatic carbocycles. The molecule has 0 aromatic rings. The zero-order valence-corrected chi connectivity index (χ0v) is 3.53. The van der Waals surface area contributed by atoms with Crippen LogP contribution in [0.15, 0.2) is 0 Å². The molecule has 0 unspecified atom stereocenters. The number of aliphatic hydroxyl groups excluding tert-OH is 1. The monoisotopic (exact) mass is 96.0 g/mol. The van der Waals surface area contributed by atoms with Gasteiger partial charge in [-0.05, 0) is 0 Å². The lowest BCUT2D eigenvalue weighted by atomic mass is 10.8. The van der Waals surface area contributed by atoms with E-state index in [0.29, 0.717) is 0 Å². The SMILES string of the molecule is Cl.N[CH]CO. The predicted molar refractivity (Wildman–Crippen MR) is 22.8 cm³/mol. The van der Waals surface area contributed by atoms with E-state index in [-0.39, 0.29) is 19.0 Å². The van der Waals surface area contributed by atoms with Gasteiger partial charge in [-0.2, -0.15) is 0 Å². The van der Waals surface area contributed by atoms with Gasteiger partial charge in [-0.3, -0.25) is 0 Å². The molecule has 0 heterocycles. The lowest BCUT2D eigenvalue weighted by Crippen LogP contribution is -1.92. The molecule has 2 nitrogen and oxygen atoms in total. The molecule has 0 aromatic heterocycles. The van der Waals surface area contributed by atoms with Gasteiger partial charge in [-0.15, -0.1) is 12.4 Å². The molecule has 0 aliphatic rings. The number of halogens is 1. The van der Waals surface area contributed by atoms with Crippen molar-refractivity contribution in [3.8, 4) is 0 Å². The molecule has 3 N–H and O–H groups in total. The maximum Gasteiger partial charge on any atom is 0.0598 e. The summed E-state index contributed by atoms with van der Waals surface area (Å²) < 4.78 is 0. The van der Waals surface area contributed by atoms with Crippen molar-refractivity contribution in [3.05, 3.63) is 6.54 Å². The number of aliphatic hydroxyl groups is 1. The molecule has 0 saturated heterocycles. The molecule has 0 atom stereocenters. The largest absolute Gasteiger partial charge is 0.395 e. The summed E-state index contributed by atoms with van der Waals surface area (Å²) in [4.78, 5) is 0. The highest BCUT2D eigenvalue weighted by molar-refractivity contribution is 5.85. The van der Waals surface area contributed by atoms with Crippen molar-refractivity contribution in [2.24, 2.45) is 5.73 Å². The Kier molecular flexibility index (Phi) is 15.9. The maximum atomic E-state index is 7.69. The van der Waals surface area contributed by atoms with Gasteiger partial charge >= 0.3 is 0 Å². The Morgan fingerprint density at radius 3 is 2.00 bits per heavy atom. The van der Waals surface area contributed by atoms with Crippen LogP contribution in [0.3, 0.4) is 0 Å². The average molecular weight is 96.5 g/mol. The fourth-order valence-electron chi connectivity index (χ4n) is 0. The predicted octanol–water partition coefficient (Wildman–Crippen LogP) is -0.479. The molecular weight excluding hydrogens is 89.5 g/mol. The lowest BCUT2D eigenvalue weighted by molar-refractivity contribution is 0.327. The van der Waals surface area contributed by atoms with E-state index in [9.17, 15) is 0 Å². The summed E-state index contributed by atoms with van der Waals surface area (Å²) >= 11 is 0. The van der Waals surface area contributed by atoms with Crippen LogP contribution in [0.1, 0.15) is 0 Å². The van der Waals surface area contributed by atoms with Crippen molar-refractivity contribution in [1.82, 2.24) is 0 Å². The van der Waals surface area contributed by atoms with Crippen LogP contribution >= 0.6 is 12.4 Å². The Labute approximate surface area is 37.4 Å². The summed E-state index contributed by atoms with van der Waals surface area (Å²) in [5.74, 6) is 0. The fourth-order valence-corrected chi connectivity index (χ4v) is 0. The molecule has 5 heavy (non-hydrogen) atoms. The molecule has 0 spiro atoms. The third kappa shape index (κ3) is 14.0. The van der Waals surface area contributed by atoms with Crippen molar-refractivity contribution in [1.29, 1.82) is 0 Å². The van der Waals surface area contributed by atoms with E-state index in [4.69, 9.17) is 5.11 Å². The second kappa shape index (κ2) is 8.88. The van der Waals surface area contributed by atoms with E-state index in [0.717, 1.165) is 0 Å². The van der Waals surface area contributed by atoms with Crippen molar-refractivity contribution in [2.75, 3.05) is 6.61 Å². The van der Waals surface area contributed by atoms with Crippen molar-refractivity contribution < 1.29 is 5.11 Å². The highest BCUT2D eigenvalue weighted by Gasteiger charge is 1.57. The first kappa shape index (κ1) is 8.96. The summed E-state index contributed by atoms with van der Waals surface area (Å²) in [7, 11) is 0. The highest BCUT2D eigenvalue weighted by atomic mass is 35.5. The Balaban J connectivity index is 0. The van der Waals surface area contributed by atoms with Gasteiger partial charge in [0.05, 0.1) is 6.61 Å². The number of rotatable bonds is 1. The lowest BCUT2D eigenvalue weighted by Gasteiger charge is -1.70. The summed E-state index contributed by atoms with van der Waals surface area (Å²) in [6.07, 6.45) is 0. The van der Waals surface area contributed by atoms with E-state index < -0.39 is 0 Å². The number of nitrogens with two attached hydrogens (primary N) is 1. The maximum absolute atomic E-state index is 7.69. The average Bonchev–Trinajstić information content (AvgIpc) is 1.37. The molecule has 0 bridgehead atoms. The zero-order chi connectivity index (χ0) is 3.41. The summed E-state index contributed by atoms with van der Waals surface area (Å²) in [5.41, 5.74) is 4.65. The quantitative estimate of drug-likeness (QED) is 0.463. The summed E-state index contributed by atoms with van der Waals surface area (Å²) in [6.45, 7) is 1.15. The smallest absolute Gasteiger partial charge is 0.0598 e. The standard InChI is InChI=1S/C2H6NO.ClH/c3-1-2-4;/h1,4H,2-3H2;1H. The number of hydrogen-bond donors (Lipinski definition) is 2. The third-order valence-corrected chi connectivity index (χ3v) is 0.105. The minimum Gasteiger partial charge on any atom is -0.395 e. The van der Waals surface area contributed by atoms with E-state index in [2.05, 4.69) is 5.73 Å². The minimum absolute atomic E-state index is 0. The van der Waals surface area contributed by atoms with E-state index in [1.807, 2.05) is 0 Å². The van der Waals surface area contributed by atoms with Gasteiger partial charge in [0, 0.05) is 6.54 Å². The van der Waals surface area contributed by atoms with Gasteiger partial charge in [0.2, 0.25) is 0 Å². The highest BCUT2D eigenvalue weighted by Crippen LogP contribution is 1.44. The second-order valence-electron chi connectivity index (χ2n) is 0.418. The first-order valence-corrected chi connectivity index (χ1v) is 1.06. The molecule has 0 amide bonds. The van der Waals surface area contributed by atoms with E-state index in [1.165, 1.54) is 6.54 Å². The minimum atomic E-state index is -0.0278. The summed E-state index contributed by atoms with van der Waals surface area (Å²) in [6, 6.07) is 0. The van der Waals surface area contributed by atoms with Gasteiger partial charge in [0.15, 0.2) is 0 Å². The Hall–Kier alpha value is 0.210. The zero-order valence-electron chi connectivity index (χ0n) is 2.72.